The predicted molar refractivity (Wildman–Crippen MR) is 131 cm³/mol. The quantitative estimate of drug-likeness (QED) is 0.440. The smallest absolute Gasteiger partial charge is 0.278 e. The van der Waals surface area contributed by atoms with Gasteiger partial charge in [-0.15, -0.1) is 0 Å². The third-order valence-electron chi connectivity index (χ3n) is 6.13. The number of piperidine rings is 1. The molecule has 1 aliphatic rings. The van der Waals surface area contributed by atoms with E-state index in [0.29, 0.717) is 18.6 Å². The maximum Gasteiger partial charge on any atom is 0.278 e. The Bertz CT molecular complexity index is 1270. The van der Waals surface area contributed by atoms with Gasteiger partial charge >= 0.3 is 0 Å². The van der Waals surface area contributed by atoms with E-state index in [9.17, 15) is 4.79 Å². The molecule has 0 amide bonds. The summed E-state index contributed by atoms with van der Waals surface area (Å²) in [5.41, 5.74) is 3.77. The van der Waals surface area contributed by atoms with Crippen molar-refractivity contribution in [2.24, 2.45) is 0 Å². The van der Waals surface area contributed by atoms with Gasteiger partial charge in [0.25, 0.3) is 5.56 Å². The van der Waals surface area contributed by atoms with E-state index >= 15 is 0 Å². The molecule has 3 heterocycles. The lowest BCUT2D eigenvalue weighted by Gasteiger charge is -2.29. The van der Waals surface area contributed by atoms with E-state index in [2.05, 4.69) is 44.8 Å². The summed E-state index contributed by atoms with van der Waals surface area (Å²) in [5, 5.41) is 0. The first kappa shape index (κ1) is 20.3. The van der Waals surface area contributed by atoms with Gasteiger partial charge in [-0.1, -0.05) is 72.8 Å². The van der Waals surface area contributed by atoms with Crippen molar-refractivity contribution < 1.29 is 0 Å². The van der Waals surface area contributed by atoms with Crippen molar-refractivity contribution >= 4 is 22.9 Å². The standard InChI is InChI=1S/C27H28N4O/c32-27-26-24(28-21-30(27)18-10-15-22-11-4-1-5-12-22)19-25(29-16-8-3-9-17-29)31(26)20-23-13-6-2-7-14-23/h1-2,4-7,10-15,19,21H,3,8-9,16-18,20H2/b15-10+. The van der Waals surface area contributed by atoms with E-state index in [1.54, 1.807) is 10.9 Å². The molecule has 1 saturated heterocycles. The Balaban J connectivity index is 1.54. The largest absolute Gasteiger partial charge is 0.358 e. The average Bonchev–Trinajstić information content (AvgIpc) is 3.21. The summed E-state index contributed by atoms with van der Waals surface area (Å²) in [6.45, 7) is 3.21. The molecule has 0 radical (unpaired) electrons. The van der Waals surface area contributed by atoms with Crippen LogP contribution >= 0.6 is 0 Å². The van der Waals surface area contributed by atoms with Crippen LogP contribution in [0.25, 0.3) is 17.1 Å². The van der Waals surface area contributed by atoms with Gasteiger partial charge in [-0.2, -0.15) is 0 Å². The predicted octanol–water partition coefficient (Wildman–Crippen LogP) is 4.95. The highest BCUT2D eigenvalue weighted by Crippen LogP contribution is 2.27. The van der Waals surface area contributed by atoms with Gasteiger partial charge in [-0.05, 0) is 30.4 Å². The van der Waals surface area contributed by atoms with Gasteiger partial charge in [0, 0.05) is 32.2 Å². The lowest BCUT2D eigenvalue weighted by Crippen LogP contribution is -2.32. The summed E-state index contributed by atoms with van der Waals surface area (Å²) in [6, 6.07) is 22.6. The summed E-state index contributed by atoms with van der Waals surface area (Å²) in [6.07, 6.45) is 9.38. The highest BCUT2D eigenvalue weighted by molar-refractivity contribution is 5.81. The summed E-state index contributed by atoms with van der Waals surface area (Å²) < 4.78 is 3.87. The fourth-order valence-corrected chi connectivity index (χ4v) is 4.47. The van der Waals surface area contributed by atoms with Gasteiger partial charge < -0.3 is 9.47 Å². The molecule has 0 unspecified atom stereocenters. The van der Waals surface area contributed by atoms with Crippen molar-refractivity contribution in [3.8, 4) is 0 Å². The normalized spacial score (nSPS) is 14.4. The number of benzene rings is 2. The first-order valence-corrected chi connectivity index (χ1v) is 11.4. The fraction of sp³-hybridized carbons (Fsp3) is 0.259. The van der Waals surface area contributed by atoms with Crippen molar-refractivity contribution in [2.75, 3.05) is 18.0 Å². The van der Waals surface area contributed by atoms with Gasteiger partial charge in [0.05, 0.1) is 11.8 Å². The van der Waals surface area contributed by atoms with Crippen LogP contribution in [0.2, 0.25) is 0 Å². The molecule has 5 heteroatoms. The number of anilines is 1. The maximum absolute atomic E-state index is 13.5. The lowest BCUT2D eigenvalue weighted by atomic mass is 10.1. The fourth-order valence-electron chi connectivity index (χ4n) is 4.47. The number of aromatic nitrogens is 3. The molecule has 1 fully saturated rings. The average molecular weight is 425 g/mol. The zero-order chi connectivity index (χ0) is 21.8. The van der Waals surface area contributed by atoms with Gasteiger partial charge in [0.15, 0.2) is 0 Å². The number of hydrogen-bond acceptors (Lipinski definition) is 3. The van der Waals surface area contributed by atoms with E-state index in [-0.39, 0.29) is 5.56 Å². The topological polar surface area (TPSA) is 43.1 Å². The lowest BCUT2D eigenvalue weighted by molar-refractivity contribution is 0.565. The minimum Gasteiger partial charge on any atom is -0.358 e. The molecular formula is C27H28N4O. The number of rotatable bonds is 6. The Morgan fingerprint density at radius 1 is 0.906 bits per heavy atom. The van der Waals surface area contributed by atoms with Crippen molar-refractivity contribution in [1.29, 1.82) is 0 Å². The Morgan fingerprint density at radius 2 is 1.62 bits per heavy atom. The molecule has 5 rings (SSSR count). The highest BCUT2D eigenvalue weighted by Gasteiger charge is 2.20. The SMILES string of the molecule is O=c1c2c(cc(N3CCCCC3)n2Cc2ccccc2)ncn1C/C=C/c1ccccc1. The van der Waals surface area contributed by atoms with Crippen molar-refractivity contribution in [2.45, 2.75) is 32.4 Å². The molecule has 0 spiro atoms. The Morgan fingerprint density at radius 3 is 2.38 bits per heavy atom. The molecular weight excluding hydrogens is 396 g/mol. The van der Waals surface area contributed by atoms with E-state index in [4.69, 9.17) is 0 Å². The third kappa shape index (κ3) is 4.24. The summed E-state index contributed by atoms with van der Waals surface area (Å²) in [7, 11) is 0. The van der Waals surface area contributed by atoms with Gasteiger partial charge in [-0.3, -0.25) is 9.36 Å². The van der Waals surface area contributed by atoms with E-state index < -0.39 is 0 Å². The highest BCUT2D eigenvalue weighted by atomic mass is 16.1. The number of nitrogens with zero attached hydrogens (tertiary/aromatic N) is 4. The van der Waals surface area contributed by atoms with Crippen LogP contribution < -0.4 is 10.5 Å². The second-order valence-corrected chi connectivity index (χ2v) is 8.37. The van der Waals surface area contributed by atoms with Crippen LogP contribution in [0.5, 0.6) is 0 Å². The van der Waals surface area contributed by atoms with E-state index in [0.717, 1.165) is 30.0 Å². The molecule has 0 saturated carbocycles. The zero-order valence-electron chi connectivity index (χ0n) is 18.2. The van der Waals surface area contributed by atoms with Gasteiger partial charge in [-0.25, -0.2) is 4.98 Å². The molecule has 5 nitrogen and oxygen atoms in total. The van der Waals surface area contributed by atoms with Crippen LogP contribution in [-0.2, 0) is 13.1 Å². The molecule has 0 atom stereocenters. The first-order valence-electron chi connectivity index (χ1n) is 11.4. The van der Waals surface area contributed by atoms with E-state index in [1.165, 1.54) is 24.8 Å². The second-order valence-electron chi connectivity index (χ2n) is 8.37. The van der Waals surface area contributed by atoms with Crippen LogP contribution in [0.1, 0.15) is 30.4 Å². The molecule has 32 heavy (non-hydrogen) atoms. The van der Waals surface area contributed by atoms with Gasteiger partial charge in [0.1, 0.15) is 11.3 Å². The Labute approximate surface area is 188 Å². The third-order valence-corrected chi connectivity index (χ3v) is 6.13. The zero-order valence-corrected chi connectivity index (χ0v) is 18.2. The first-order chi connectivity index (χ1) is 15.8. The van der Waals surface area contributed by atoms with Crippen LogP contribution in [-0.4, -0.2) is 27.2 Å². The molecule has 162 valence electrons. The molecule has 4 aromatic rings. The van der Waals surface area contributed by atoms with Crippen LogP contribution in [0.4, 0.5) is 5.82 Å². The van der Waals surface area contributed by atoms with Gasteiger partial charge in [0.2, 0.25) is 0 Å². The molecule has 0 N–H and O–H groups in total. The monoisotopic (exact) mass is 424 g/mol. The Hall–Kier alpha value is -3.60. The van der Waals surface area contributed by atoms with Crippen molar-refractivity contribution in [1.82, 2.24) is 14.1 Å². The molecule has 2 aromatic heterocycles. The van der Waals surface area contributed by atoms with Crippen molar-refractivity contribution in [3.05, 3.63) is 101 Å². The van der Waals surface area contributed by atoms with Crippen LogP contribution in [0.15, 0.2) is 83.9 Å². The molecule has 0 aliphatic carbocycles. The van der Waals surface area contributed by atoms with E-state index in [1.807, 2.05) is 48.6 Å². The maximum atomic E-state index is 13.5. The minimum atomic E-state index is 0.00639. The second kappa shape index (κ2) is 9.27. The summed E-state index contributed by atoms with van der Waals surface area (Å²) in [4.78, 5) is 20.6. The molecule has 0 bridgehead atoms. The number of hydrogen-bond donors (Lipinski definition) is 0. The Kier molecular flexibility index (Phi) is 5.88. The van der Waals surface area contributed by atoms with Crippen LogP contribution in [0, 0.1) is 0 Å². The van der Waals surface area contributed by atoms with Crippen molar-refractivity contribution in [3.63, 3.8) is 0 Å². The molecule has 2 aromatic carbocycles. The summed E-state index contributed by atoms with van der Waals surface area (Å²) >= 11 is 0. The number of fused-ring (bicyclic) bond motifs is 1. The minimum absolute atomic E-state index is 0.00639. The molecule has 1 aliphatic heterocycles. The van der Waals surface area contributed by atoms with Crippen LogP contribution in [0.3, 0.4) is 0 Å². The number of allylic oxidation sites excluding steroid dienone is 1. The summed E-state index contributed by atoms with van der Waals surface area (Å²) in [5.74, 6) is 1.10.